The van der Waals surface area contributed by atoms with Gasteiger partial charge in [-0.3, -0.25) is 9.58 Å². The number of anilines is 1. The highest BCUT2D eigenvalue weighted by Gasteiger charge is 2.32. The first-order chi connectivity index (χ1) is 11.1. The zero-order chi connectivity index (χ0) is 16.2. The molecule has 1 aliphatic rings. The smallest absolute Gasteiger partial charge is 0.319 e. The van der Waals surface area contributed by atoms with Crippen molar-refractivity contribution in [2.75, 3.05) is 18.4 Å². The van der Waals surface area contributed by atoms with Crippen molar-refractivity contribution >= 4 is 23.1 Å². The summed E-state index contributed by atoms with van der Waals surface area (Å²) >= 11 is 1.52. The van der Waals surface area contributed by atoms with Crippen LogP contribution < -0.4 is 10.6 Å². The number of urea groups is 1. The number of rotatable bonds is 5. The number of nitrogens with one attached hydrogen (secondary N) is 2. The molecule has 2 aromatic heterocycles. The van der Waals surface area contributed by atoms with E-state index in [2.05, 4.69) is 20.6 Å². The Morgan fingerprint density at radius 2 is 2.39 bits per heavy atom. The van der Waals surface area contributed by atoms with Crippen molar-refractivity contribution in [3.8, 4) is 0 Å². The van der Waals surface area contributed by atoms with Gasteiger partial charge in [0.05, 0.1) is 11.4 Å². The first kappa shape index (κ1) is 15.9. The highest BCUT2D eigenvalue weighted by atomic mass is 32.1. The minimum Gasteiger partial charge on any atom is -0.336 e. The monoisotopic (exact) mass is 337 g/mol. The molecule has 0 aliphatic carbocycles. The third kappa shape index (κ3) is 4.08. The molecule has 1 aliphatic heterocycles. The lowest BCUT2D eigenvalue weighted by atomic mass is 10.2. The third-order valence-corrected chi connectivity index (χ3v) is 4.72. The van der Waals surface area contributed by atoms with E-state index in [9.17, 15) is 9.18 Å². The van der Waals surface area contributed by atoms with Crippen LogP contribution in [0.5, 0.6) is 0 Å². The van der Waals surface area contributed by atoms with Crippen LogP contribution in [0, 0.1) is 0 Å². The van der Waals surface area contributed by atoms with Crippen LogP contribution in [0.3, 0.4) is 0 Å². The number of alkyl halides is 1. The zero-order valence-corrected chi connectivity index (χ0v) is 13.7. The molecule has 0 saturated carbocycles. The molecule has 2 atom stereocenters. The summed E-state index contributed by atoms with van der Waals surface area (Å²) in [6.45, 7) is 1.45. The summed E-state index contributed by atoms with van der Waals surface area (Å²) in [7, 11) is 1.87. The lowest BCUT2D eigenvalue weighted by molar-refractivity contribution is 0.220. The van der Waals surface area contributed by atoms with E-state index in [0.29, 0.717) is 26.1 Å². The van der Waals surface area contributed by atoms with Gasteiger partial charge < -0.3 is 10.6 Å². The molecule has 0 radical (unpaired) electrons. The number of hydrogen-bond acceptors (Lipinski definition) is 4. The van der Waals surface area contributed by atoms with Crippen LogP contribution >= 0.6 is 11.3 Å². The zero-order valence-electron chi connectivity index (χ0n) is 12.9. The number of likely N-dealkylation sites (tertiary alicyclic amines) is 1. The number of nitrogens with zero attached hydrogens (tertiary/aromatic N) is 3. The first-order valence-electron chi connectivity index (χ1n) is 7.54. The fourth-order valence-corrected chi connectivity index (χ4v) is 3.40. The fraction of sp³-hybridized carbons (Fsp3) is 0.467. The van der Waals surface area contributed by atoms with Crippen LogP contribution in [-0.4, -0.2) is 46.0 Å². The van der Waals surface area contributed by atoms with E-state index in [0.717, 1.165) is 11.4 Å². The molecular weight excluding hydrogens is 317 g/mol. The second-order valence-electron chi connectivity index (χ2n) is 5.71. The fourth-order valence-electron chi connectivity index (χ4n) is 2.81. The minimum atomic E-state index is -0.852. The number of amides is 2. The Hall–Kier alpha value is -1.93. The van der Waals surface area contributed by atoms with Crippen molar-refractivity contribution < 1.29 is 9.18 Å². The van der Waals surface area contributed by atoms with Crippen molar-refractivity contribution in [3.63, 3.8) is 0 Å². The summed E-state index contributed by atoms with van der Waals surface area (Å²) < 4.78 is 15.6. The van der Waals surface area contributed by atoms with Gasteiger partial charge in [0.15, 0.2) is 0 Å². The number of carbonyl (C=O) groups is 1. The maximum absolute atomic E-state index is 13.8. The highest BCUT2D eigenvalue weighted by molar-refractivity contribution is 7.08. The van der Waals surface area contributed by atoms with Gasteiger partial charge in [-0.05, 0) is 23.9 Å². The van der Waals surface area contributed by atoms with Gasteiger partial charge in [0.1, 0.15) is 6.17 Å². The number of hydrogen-bond donors (Lipinski definition) is 2. The van der Waals surface area contributed by atoms with Crippen molar-refractivity contribution in [2.45, 2.75) is 25.2 Å². The van der Waals surface area contributed by atoms with E-state index in [-0.39, 0.29) is 12.1 Å². The van der Waals surface area contributed by atoms with E-state index in [4.69, 9.17) is 0 Å². The molecule has 23 heavy (non-hydrogen) atoms. The van der Waals surface area contributed by atoms with Crippen LogP contribution in [-0.2, 0) is 13.6 Å². The summed E-state index contributed by atoms with van der Waals surface area (Å²) in [5.41, 5.74) is 1.81. The molecule has 2 N–H and O–H groups in total. The topological polar surface area (TPSA) is 62.2 Å². The van der Waals surface area contributed by atoms with E-state index >= 15 is 0 Å². The quantitative estimate of drug-likeness (QED) is 0.879. The predicted molar refractivity (Wildman–Crippen MR) is 88.3 cm³/mol. The molecule has 8 heteroatoms. The summed E-state index contributed by atoms with van der Waals surface area (Å²) in [5.74, 6) is 0. The maximum atomic E-state index is 13.8. The summed E-state index contributed by atoms with van der Waals surface area (Å²) in [4.78, 5) is 13.9. The number of carbonyl (C=O) groups excluding carboxylic acids is 1. The Balaban J connectivity index is 1.53. The Kier molecular flexibility index (Phi) is 4.92. The largest absolute Gasteiger partial charge is 0.336 e. The van der Waals surface area contributed by atoms with Crippen molar-refractivity contribution in [1.82, 2.24) is 20.0 Å². The molecule has 124 valence electrons. The van der Waals surface area contributed by atoms with Crippen molar-refractivity contribution in [1.29, 1.82) is 0 Å². The molecular formula is C15H20FN5OS. The molecule has 3 rings (SSSR count). The van der Waals surface area contributed by atoms with Gasteiger partial charge in [-0.15, -0.1) is 0 Å². The van der Waals surface area contributed by atoms with Crippen LogP contribution in [0.1, 0.15) is 12.1 Å². The van der Waals surface area contributed by atoms with Crippen molar-refractivity contribution in [3.05, 3.63) is 34.8 Å². The number of halogens is 1. The molecule has 1 saturated heterocycles. The third-order valence-electron chi connectivity index (χ3n) is 4.04. The summed E-state index contributed by atoms with van der Waals surface area (Å²) in [6.07, 6.45) is 1.33. The molecule has 1 fully saturated rings. The van der Waals surface area contributed by atoms with Gasteiger partial charge in [0.25, 0.3) is 0 Å². The Labute approximate surface area is 138 Å². The Bertz CT molecular complexity index is 644. The van der Waals surface area contributed by atoms with Crippen LogP contribution in [0.2, 0.25) is 0 Å². The molecule has 0 spiro atoms. The second kappa shape index (κ2) is 7.10. The van der Waals surface area contributed by atoms with Gasteiger partial charge in [0, 0.05) is 44.3 Å². The first-order valence-corrected chi connectivity index (χ1v) is 8.48. The second-order valence-corrected chi connectivity index (χ2v) is 6.49. The molecule has 2 aromatic rings. The maximum Gasteiger partial charge on any atom is 0.319 e. The van der Waals surface area contributed by atoms with Crippen LogP contribution in [0.4, 0.5) is 14.9 Å². The van der Waals surface area contributed by atoms with E-state index < -0.39 is 6.17 Å². The van der Waals surface area contributed by atoms with Gasteiger partial charge >= 0.3 is 6.03 Å². The minimum absolute atomic E-state index is 0.00637. The van der Waals surface area contributed by atoms with Gasteiger partial charge in [0.2, 0.25) is 0 Å². The van der Waals surface area contributed by atoms with E-state index in [1.807, 2.05) is 29.9 Å². The molecule has 2 amide bonds. The van der Waals surface area contributed by atoms with E-state index in [1.54, 1.807) is 10.9 Å². The molecule has 0 bridgehead atoms. The number of thiophene rings is 1. The Morgan fingerprint density at radius 1 is 1.52 bits per heavy atom. The average Bonchev–Trinajstić information content (AvgIpc) is 3.22. The predicted octanol–water partition coefficient (Wildman–Crippen LogP) is 2.22. The van der Waals surface area contributed by atoms with Gasteiger partial charge in [-0.1, -0.05) is 0 Å². The lowest BCUT2D eigenvalue weighted by Crippen LogP contribution is -2.41. The summed E-state index contributed by atoms with van der Waals surface area (Å²) in [6, 6.07) is 3.50. The molecule has 0 aromatic carbocycles. The van der Waals surface area contributed by atoms with Crippen molar-refractivity contribution in [2.24, 2.45) is 7.05 Å². The Morgan fingerprint density at radius 3 is 3.09 bits per heavy atom. The normalized spacial score (nSPS) is 21.5. The molecule has 0 unspecified atom stereocenters. The van der Waals surface area contributed by atoms with E-state index in [1.165, 1.54) is 11.3 Å². The lowest BCUT2D eigenvalue weighted by Gasteiger charge is -2.24. The standard InChI is InChI=1S/C15H20FN5OS/c1-20-13(2-4-18-20)9-21-8-11(16)6-14(21)7-17-15(22)19-12-3-5-23-10-12/h2-5,10-11,14H,6-9H2,1H3,(H2,17,19,22)/t11-,14-/m0/s1. The number of aromatic nitrogens is 2. The van der Waals surface area contributed by atoms with Crippen LogP contribution in [0.25, 0.3) is 0 Å². The highest BCUT2D eigenvalue weighted by Crippen LogP contribution is 2.22. The summed E-state index contributed by atoms with van der Waals surface area (Å²) in [5, 5.41) is 13.5. The molecule has 6 nitrogen and oxygen atoms in total. The van der Waals surface area contributed by atoms with Gasteiger partial charge in [-0.2, -0.15) is 16.4 Å². The average molecular weight is 337 g/mol. The van der Waals surface area contributed by atoms with Crippen LogP contribution in [0.15, 0.2) is 29.1 Å². The number of aryl methyl sites for hydroxylation is 1. The van der Waals surface area contributed by atoms with Gasteiger partial charge in [-0.25, -0.2) is 9.18 Å². The SMILES string of the molecule is Cn1nccc1CN1C[C@@H](F)C[C@H]1CNC(=O)Nc1ccsc1. The molecule has 3 heterocycles.